The molecule has 0 fully saturated rings. The van der Waals surface area contributed by atoms with Gasteiger partial charge in [0.1, 0.15) is 4.90 Å². The average Bonchev–Trinajstić information content (AvgIpc) is 2.45. The van der Waals surface area contributed by atoms with Gasteiger partial charge in [0.25, 0.3) is 0 Å². The minimum atomic E-state index is -3.50. The maximum Gasteiger partial charge on any atom is 0.244 e. The second-order valence-corrected chi connectivity index (χ2v) is 5.51. The molecule has 1 aromatic heterocycles. The van der Waals surface area contributed by atoms with Crippen LogP contribution in [0.15, 0.2) is 4.90 Å². The highest BCUT2D eigenvalue weighted by atomic mass is 32.2. The van der Waals surface area contributed by atoms with Gasteiger partial charge in [-0.3, -0.25) is 5.10 Å². The standard InChI is InChI=1S/C9H18N4O2S/c1-6(4-5-10)13-16(14,15)9-7(2)11-12-8(9)3/h6,13H,4-5,10H2,1-3H3,(H,11,12). The Kier molecular flexibility index (Phi) is 4.06. The zero-order chi connectivity index (χ0) is 12.3. The minimum absolute atomic E-state index is 0.177. The summed E-state index contributed by atoms with van der Waals surface area (Å²) in [5.41, 5.74) is 6.40. The lowest BCUT2D eigenvalue weighted by Gasteiger charge is -2.13. The molecule has 0 radical (unpaired) electrons. The molecule has 0 bridgehead atoms. The highest BCUT2D eigenvalue weighted by molar-refractivity contribution is 7.89. The number of rotatable bonds is 5. The molecule has 4 N–H and O–H groups in total. The Morgan fingerprint density at radius 2 is 2.12 bits per heavy atom. The fourth-order valence-electron chi connectivity index (χ4n) is 1.57. The molecule has 1 aromatic rings. The summed E-state index contributed by atoms with van der Waals surface area (Å²) in [4.78, 5) is 0.233. The van der Waals surface area contributed by atoms with Gasteiger partial charge in [-0.1, -0.05) is 0 Å². The smallest absolute Gasteiger partial charge is 0.244 e. The van der Waals surface area contributed by atoms with Gasteiger partial charge in [-0.05, 0) is 33.7 Å². The highest BCUT2D eigenvalue weighted by Crippen LogP contribution is 2.16. The third-order valence-corrected chi connectivity index (χ3v) is 4.14. The summed E-state index contributed by atoms with van der Waals surface area (Å²) < 4.78 is 26.6. The van der Waals surface area contributed by atoms with E-state index < -0.39 is 10.0 Å². The molecular weight excluding hydrogens is 228 g/mol. The molecule has 0 spiro atoms. The zero-order valence-corrected chi connectivity index (χ0v) is 10.6. The van der Waals surface area contributed by atoms with Crippen molar-refractivity contribution >= 4 is 10.0 Å². The highest BCUT2D eigenvalue weighted by Gasteiger charge is 2.23. The average molecular weight is 246 g/mol. The van der Waals surface area contributed by atoms with Gasteiger partial charge in [-0.25, -0.2) is 13.1 Å². The first kappa shape index (κ1) is 13.1. The Morgan fingerprint density at radius 3 is 2.56 bits per heavy atom. The van der Waals surface area contributed by atoms with Gasteiger partial charge >= 0.3 is 0 Å². The van der Waals surface area contributed by atoms with E-state index in [4.69, 9.17) is 5.73 Å². The molecule has 0 aliphatic carbocycles. The van der Waals surface area contributed by atoms with E-state index in [-0.39, 0.29) is 10.9 Å². The van der Waals surface area contributed by atoms with Crippen LogP contribution in [0.1, 0.15) is 24.7 Å². The number of aromatic amines is 1. The van der Waals surface area contributed by atoms with Crippen molar-refractivity contribution in [2.45, 2.75) is 38.1 Å². The van der Waals surface area contributed by atoms with E-state index in [1.165, 1.54) is 0 Å². The molecule has 16 heavy (non-hydrogen) atoms. The van der Waals surface area contributed by atoms with E-state index >= 15 is 0 Å². The van der Waals surface area contributed by atoms with Gasteiger partial charge in [-0.15, -0.1) is 0 Å². The predicted molar refractivity (Wildman–Crippen MR) is 61.5 cm³/mol. The topological polar surface area (TPSA) is 101 Å². The van der Waals surface area contributed by atoms with Crippen molar-refractivity contribution < 1.29 is 8.42 Å². The quantitative estimate of drug-likeness (QED) is 0.683. The normalized spacial score (nSPS) is 14.0. The van der Waals surface area contributed by atoms with E-state index in [0.29, 0.717) is 24.4 Å². The van der Waals surface area contributed by atoms with E-state index in [2.05, 4.69) is 14.9 Å². The summed E-state index contributed by atoms with van der Waals surface area (Å²) in [5, 5.41) is 6.52. The summed E-state index contributed by atoms with van der Waals surface area (Å²) in [6.45, 7) is 5.58. The monoisotopic (exact) mass is 246 g/mol. The maximum absolute atomic E-state index is 12.0. The van der Waals surface area contributed by atoms with Crippen LogP contribution in [0.3, 0.4) is 0 Å². The Hall–Kier alpha value is -0.920. The van der Waals surface area contributed by atoms with Crippen LogP contribution in [0.4, 0.5) is 0 Å². The summed E-state index contributed by atoms with van der Waals surface area (Å²) in [7, 11) is -3.50. The molecule has 0 saturated carbocycles. The van der Waals surface area contributed by atoms with E-state index in [1.54, 1.807) is 20.8 Å². The summed E-state index contributed by atoms with van der Waals surface area (Å²) >= 11 is 0. The van der Waals surface area contributed by atoms with Crippen molar-refractivity contribution in [3.05, 3.63) is 11.4 Å². The zero-order valence-electron chi connectivity index (χ0n) is 9.74. The van der Waals surface area contributed by atoms with Crippen LogP contribution in [-0.4, -0.2) is 31.2 Å². The van der Waals surface area contributed by atoms with Crippen molar-refractivity contribution in [1.82, 2.24) is 14.9 Å². The van der Waals surface area contributed by atoms with Crippen molar-refractivity contribution in [3.8, 4) is 0 Å². The summed E-state index contributed by atoms with van der Waals surface area (Å²) in [6.07, 6.45) is 0.606. The number of nitrogens with zero attached hydrogens (tertiary/aromatic N) is 1. The molecule has 92 valence electrons. The van der Waals surface area contributed by atoms with Crippen molar-refractivity contribution in [2.24, 2.45) is 5.73 Å². The molecule has 1 heterocycles. The molecule has 6 nitrogen and oxygen atoms in total. The molecule has 7 heteroatoms. The van der Waals surface area contributed by atoms with Gasteiger partial charge in [0.2, 0.25) is 10.0 Å². The van der Waals surface area contributed by atoms with Crippen LogP contribution >= 0.6 is 0 Å². The fraction of sp³-hybridized carbons (Fsp3) is 0.667. The third kappa shape index (κ3) is 2.81. The van der Waals surface area contributed by atoms with Crippen LogP contribution in [0, 0.1) is 13.8 Å². The van der Waals surface area contributed by atoms with Gasteiger partial charge in [0, 0.05) is 6.04 Å². The lowest BCUT2D eigenvalue weighted by Crippen LogP contribution is -2.34. The molecular formula is C9H18N4O2S. The molecule has 0 amide bonds. The number of aromatic nitrogens is 2. The van der Waals surface area contributed by atoms with Gasteiger partial charge < -0.3 is 5.73 Å². The summed E-state index contributed by atoms with van der Waals surface area (Å²) in [5.74, 6) is 0. The van der Waals surface area contributed by atoms with Crippen LogP contribution in [0.2, 0.25) is 0 Å². The van der Waals surface area contributed by atoms with Gasteiger partial charge in [0.15, 0.2) is 0 Å². The van der Waals surface area contributed by atoms with Crippen LogP contribution < -0.4 is 10.5 Å². The number of nitrogens with one attached hydrogen (secondary N) is 2. The molecule has 0 aliphatic heterocycles. The van der Waals surface area contributed by atoms with Crippen molar-refractivity contribution in [3.63, 3.8) is 0 Å². The van der Waals surface area contributed by atoms with Crippen LogP contribution in [0.5, 0.6) is 0 Å². The first-order valence-electron chi connectivity index (χ1n) is 5.12. The van der Waals surface area contributed by atoms with Crippen molar-refractivity contribution in [2.75, 3.05) is 6.54 Å². The van der Waals surface area contributed by atoms with E-state index in [9.17, 15) is 8.42 Å². The maximum atomic E-state index is 12.0. The van der Waals surface area contributed by atoms with Crippen LogP contribution in [-0.2, 0) is 10.0 Å². The molecule has 0 aliphatic rings. The Balaban J connectivity index is 2.95. The van der Waals surface area contributed by atoms with E-state index in [0.717, 1.165) is 0 Å². The Labute approximate surface area is 95.7 Å². The number of aryl methyl sites for hydroxylation is 2. The number of nitrogens with two attached hydrogens (primary N) is 1. The predicted octanol–water partition coefficient (Wildman–Crippen LogP) is 0.0421. The summed E-state index contributed by atoms with van der Waals surface area (Å²) in [6, 6.07) is -0.177. The Bertz CT molecular complexity index is 433. The first-order chi connectivity index (χ1) is 7.38. The molecule has 1 atom stereocenters. The molecule has 0 aromatic carbocycles. The van der Waals surface area contributed by atoms with E-state index in [1.807, 2.05) is 0 Å². The second kappa shape index (κ2) is 4.94. The minimum Gasteiger partial charge on any atom is -0.330 e. The fourth-order valence-corrected chi connectivity index (χ4v) is 3.22. The molecule has 1 rings (SSSR count). The lowest BCUT2D eigenvalue weighted by atomic mass is 10.3. The first-order valence-corrected chi connectivity index (χ1v) is 6.60. The lowest BCUT2D eigenvalue weighted by molar-refractivity contribution is 0.549. The molecule has 1 unspecified atom stereocenters. The van der Waals surface area contributed by atoms with Crippen LogP contribution in [0.25, 0.3) is 0 Å². The SMILES string of the molecule is Cc1n[nH]c(C)c1S(=O)(=O)NC(C)CCN. The number of hydrogen-bond donors (Lipinski definition) is 3. The number of sulfonamides is 1. The van der Waals surface area contributed by atoms with Crippen molar-refractivity contribution in [1.29, 1.82) is 0 Å². The number of H-pyrrole nitrogens is 1. The number of hydrogen-bond acceptors (Lipinski definition) is 4. The second-order valence-electron chi connectivity index (χ2n) is 3.86. The van der Waals surface area contributed by atoms with Gasteiger partial charge in [0.05, 0.1) is 11.4 Å². The van der Waals surface area contributed by atoms with Gasteiger partial charge in [-0.2, -0.15) is 5.10 Å². The Morgan fingerprint density at radius 1 is 1.50 bits per heavy atom. The largest absolute Gasteiger partial charge is 0.330 e. The molecule has 0 saturated heterocycles. The third-order valence-electron chi connectivity index (χ3n) is 2.29.